The number of aromatic amines is 1. The maximum atomic E-state index is 9.93. The zero-order chi connectivity index (χ0) is 11.4. The Morgan fingerprint density at radius 1 is 1.38 bits per heavy atom. The predicted octanol–water partition coefficient (Wildman–Crippen LogP) is 1.33. The maximum absolute atomic E-state index is 9.93. The van der Waals surface area contributed by atoms with Crippen LogP contribution in [0.4, 0.5) is 0 Å². The molecule has 0 amide bonds. The largest absolute Gasteiger partial charge is 0.387 e. The molecule has 3 N–H and O–H groups in total. The minimum Gasteiger partial charge on any atom is -0.387 e. The molecule has 4 nitrogen and oxygen atoms in total. The van der Waals surface area contributed by atoms with Crippen molar-refractivity contribution in [1.29, 1.82) is 0 Å². The van der Waals surface area contributed by atoms with Crippen LogP contribution >= 0.6 is 0 Å². The molecule has 2 aromatic rings. The number of hydrogen-bond donors (Lipinski definition) is 3. The number of hydrogen-bond acceptors (Lipinski definition) is 3. The molecule has 1 aromatic heterocycles. The molecule has 0 bridgehead atoms. The average Bonchev–Trinajstić information content (AvgIpc) is 2.79. The Kier molecular flexibility index (Phi) is 3.34. The van der Waals surface area contributed by atoms with E-state index in [1.807, 2.05) is 37.4 Å². The monoisotopic (exact) mass is 217 g/mol. The van der Waals surface area contributed by atoms with E-state index in [1.165, 1.54) is 0 Å². The number of H-pyrrole nitrogens is 1. The summed E-state index contributed by atoms with van der Waals surface area (Å²) in [6.07, 6.45) is 1.13. The lowest BCUT2D eigenvalue weighted by atomic mass is 10.0. The highest BCUT2D eigenvalue weighted by Crippen LogP contribution is 2.25. The number of likely N-dealkylation sites (N-methyl/N-ethyl adjacent to an activating group) is 1. The van der Waals surface area contributed by atoms with Crippen LogP contribution in [0.25, 0.3) is 11.3 Å². The van der Waals surface area contributed by atoms with Gasteiger partial charge in [-0.15, -0.1) is 0 Å². The van der Waals surface area contributed by atoms with E-state index < -0.39 is 6.10 Å². The van der Waals surface area contributed by atoms with Crippen molar-refractivity contribution < 1.29 is 5.11 Å². The van der Waals surface area contributed by atoms with Crippen LogP contribution in [0.2, 0.25) is 0 Å². The number of aromatic nitrogens is 2. The van der Waals surface area contributed by atoms with Gasteiger partial charge >= 0.3 is 0 Å². The van der Waals surface area contributed by atoms with Gasteiger partial charge in [0.25, 0.3) is 0 Å². The number of nitrogens with one attached hydrogen (secondary N) is 2. The lowest BCUT2D eigenvalue weighted by molar-refractivity contribution is 0.178. The second kappa shape index (κ2) is 4.92. The summed E-state index contributed by atoms with van der Waals surface area (Å²) < 4.78 is 0. The normalized spacial score (nSPS) is 12.6. The molecule has 2 rings (SSSR count). The van der Waals surface area contributed by atoms with Gasteiger partial charge in [0, 0.05) is 12.1 Å². The van der Waals surface area contributed by atoms with E-state index in [4.69, 9.17) is 0 Å². The van der Waals surface area contributed by atoms with E-state index >= 15 is 0 Å². The van der Waals surface area contributed by atoms with E-state index in [0.717, 1.165) is 16.8 Å². The summed E-state index contributed by atoms with van der Waals surface area (Å²) in [5.74, 6) is 0. The fourth-order valence-corrected chi connectivity index (χ4v) is 1.69. The Labute approximate surface area is 94.3 Å². The number of nitrogens with zero attached hydrogens (tertiary/aromatic N) is 1. The van der Waals surface area contributed by atoms with Crippen molar-refractivity contribution in [3.8, 4) is 11.3 Å². The summed E-state index contributed by atoms with van der Waals surface area (Å²) in [4.78, 5) is 0. The third-order valence-corrected chi connectivity index (χ3v) is 2.49. The van der Waals surface area contributed by atoms with Crippen molar-refractivity contribution in [3.05, 3.63) is 42.1 Å². The highest BCUT2D eigenvalue weighted by atomic mass is 16.3. The molecule has 0 radical (unpaired) electrons. The van der Waals surface area contributed by atoms with Crippen LogP contribution in [0.5, 0.6) is 0 Å². The predicted molar refractivity (Wildman–Crippen MR) is 62.9 cm³/mol. The molecule has 1 unspecified atom stereocenters. The first-order chi connectivity index (χ1) is 7.83. The Hall–Kier alpha value is -1.65. The smallest absolute Gasteiger partial charge is 0.0950 e. The second-order valence-electron chi connectivity index (χ2n) is 3.64. The topological polar surface area (TPSA) is 60.9 Å². The van der Waals surface area contributed by atoms with Crippen LogP contribution in [0.15, 0.2) is 36.5 Å². The minimum atomic E-state index is -0.543. The molecule has 0 saturated heterocycles. The Bertz CT molecular complexity index is 439. The molecule has 0 aliphatic carbocycles. The Morgan fingerprint density at radius 2 is 2.12 bits per heavy atom. The van der Waals surface area contributed by atoms with Gasteiger partial charge in [0.2, 0.25) is 0 Å². The van der Waals surface area contributed by atoms with E-state index in [-0.39, 0.29) is 0 Å². The van der Waals surface area contributed by atoms with Crippen molar-refractivity contribution in [1.82, 2.24) is 15.5 Å². The molecule has 0 saturated carbocycles. The number of aliphatic hydroxyl groups is 1. The lowest BCUT2D eigenvalue weighted by Gasteiger charge is -2.10. The lowest BCUT2D eigenvalue weighted by Crippen LogP contribution is -2.16. The average molecular weight is 217 g/mol. The van der Waals surface area contributed by atoms with E-state index in [1.54, 1.807) is 6.20 Å². The quantitative estimate of drug-likeness (QED) is 0.724. The van der Waals surface area contributed by atoms with Gasteiger partial charge in [-0.1, -0.05) is 30.3 Å². The zero-order valence-corrected chi connectivity index (χ0v) is 9.14. The van der Waals surface area contributed by atoms with Gasteiger partial charge < -0.3 is 10.4 Å². The van der Waals surface area contributed by atoms with Gasteiger partial charge in [-0.2, -0.15) is 5.10 Å². The molecule has 16 heavy (non-hydrogen) atoms. The third-order valence-electron chi connectivity index (χ3n) is 2.49. The van der Waals surface area contributed by atoms with Crippen LogP contribution < -0.4 is 5.32 Å². The molecule has 1 aromatic carbocycles. The maximum Gasteiger partial charge on any atom is 0.0950 e. The first-order valence-electron chi connectivity index (χ1n) is 5.24. The van der Waals surface area contributed by atoms with Crippen LogP contribution in [0, 0.1) is 0 Å². The van der Waals surface area contributed by atoms with Gasteiger partial charge in [-0.25, -0.2) is 0 Å². The van der Waals surface area contributed by atoms with Crippen LogP contribution in [-0.4, -0.2) is 28.9 Å². The van der Waals surface area contributed by atoms with Gasteiger partial charge in [0.15, 0.2) is 0 Å². The zero-order valence-electron chi connectivity index (χ0n) is 9.14. The van der Waals surface area contributed by atoms with E-state index in [9.17, 15) is 5.11 Å². The Balaban J connectivity index is 2.33. The summed E-state index contributed by atoms with van der Waals surface area (Å²) in [5, 5.41) is 19.8. The summed E-state index contributed by atoms with van der Waals surface area (Å²) in [7, 11) is 1.81. The van der Waals surface area contributed by atoms with Crippen molar-refractivity contribution in [2.45, 2.75) is 6.10 Å². The first-order valence-corrected chi connectivity index (χ1v) is 5.24. The van der Waals surface area contributed by atoms with Crippen molar-refractivity contribution in [3.63, 3.8) is 0 Å². The molecule has 1 atom stereocenters. The molecule has 84 valence electrons. The first kappa shape index (κ1) is 10.9. The van der Waals surface area contributed by atoms with Crippen molar-refractivity contribution >= 4 is 0 Å². The molecule has 0 fully saturated rings. The third kappa shape index (κ3) is 2.13. The van der Waals surface area contributed by atoms with Crippen LogP contribution in [0.1, 0.15) is 11.7 Å². The van der Waals surface area contributed by atoms with Crippen molar-refractivity contribution in [2.75, 3.05) is 13.6 Å². The van der Waals surface area contributed by atoms with Gasteiger partial charge in [-0.3, -0.25) is 5.10 Å². The standard InChI is InChI=1S/C12H15N3O/c1-13-8-11(16)10-7-14-15-12(10)9-5-3-2-4-6-9/h2-7,11,13,16H,8H2,1H3,(H,14,15). The van der Waals surface area contributed by atoms with Gasteiger partial charge in [0.05, 0.1) is 18.0 Å². The number of rotatable bonds is 4. The molecule has 4 heteroatoms. The summed E-state index contributed by atoms with van der Waals surface area (Å²) in [5.41, 5.74) is 2.73. The van der Waals surface area contributed by atoms with Crippen LogP contribution in [0.3, 0.4) is 0 Å². The minimum absolute atomic E-state index is 0.513. The van der Waals surface area contributed by atoms with Gasteiger partial charge in [0.1, 0.15) is 0 Å². The van der Waals surface area contributed by atoms with Gasteiger partial charge in [-0.05, 0) is 12.6 Å². The molecular weight excluding hydrogens is 202 g/mol. The summed E-state index contributed by atoms with van der Waals surface area (Å²) in [6.45, 7) is 0.513. The molecule has 1 heterocycles. The molecule has 0 spiro atoms. The summed E-state index contributed by atoms with van der Waals surface area (Å²) >= 11 is 0. The van der Waals surface area contributed by atoms with Crippen LogP contribution in [-0.2, 0) is 0 Å². The highest BCUT2D eigenvalue weighted by Gasteiger charge is 2.14. The molecule has 0 aliphatic heterocycles. The second-order valence-corrected chi connectivity index (χ2v) is 3.64. The number of aliphatic hydroxyl groups excluding tert-OH is 1. The Morgan fingerprint density at radius 3 is 2.81 bits per heavy atom. The number of benzene rings is 1. The fourth-order valence-electron chi connectivity index (χ4n) is 1.69. The fraction of sp³-hybridized carbons (Fsp3) is 0.250. The van der Waals surface area contributed by atoms with E-state index in [0.29, 0.717) is 6.54 Å². The SMILES string of the molecule is CNCC(O)c1cn[nH]c1-c1ccccc1. The summed E-state index contributed by atoms with van der Waals surface area (Å²) in [6, 6.07) is 9.87. The highest BCUT2D eigenvalue weighted by molar-refractivity contribution is 5.62. The molecular formula is C12H15N3O. The van der Waals surface area contributed by atoms with Crippen molar-refractivity contribution in [2.24, 2.45) is 0 Å². The van der Waals surface area contributed by atoms with E-state index in [2.05, 4.69) is 15.5 Å². The molecule has 0 aliphatic rings.